The van der Waals surface area contributed by atoms with E-state index in [1.807, 2.05) is 0 Å². The maximum Gasteiger partial charge on any atom is 1.00 e. The molecule has 148 valence electrons. The number of hydrogen-bond acceptors (Lipinski definition) is 7. The number of benzene rings is 1. The van der Waals surface area contributed by atoms with Gasteiger partial charge >= 0.3 is 59.1 Å². The summed E-state index contributed by atoms with van der Waals surface area (Å²) in [4.78, 5) is 33.5. The van der Waals surface area contributed by atoms with Crippen molar-refractivity contribution in [3.05, 3.63) is 29.8 Å². The minimum Gasteiger partial charge on any atom is -0.780 e. The number of hydrogen-bond donors (Lipinski definition) is 0. The van der Waals surface area contributed by atoms with Gasteiger partial charge < -0.3 is 23.6 Å². The molecule has 29 heavy (non-hydrogen) atoms. The Balaban J connectivity index is 0.00000120. The Morgan fingerprint density at radius 3 is 2.28 bits per heavy atom. The van der Waals surface area contributed by atoms with E-state index in [1.165, 1.54) is 18.6 Å². The van der Waals surface area contributed by atoms with Gasteiger partial charge in [0.25, 0.3) is 5.79 Å². The average molecular weight is 505 g/mol. The SMILES string of the molecule is COC1(c2cccc(OP(=O)([O-])[O-])c2)OOC12C1CC3CC2CC(Br)(C3)C1.[Na+].[Na+]. The first-order chi connectivity index (χ1) is 12.7. The van der Waals surface area contributed by atoms with Crippen LogP contribution in [0.2, 0.25) is 0 Å². The average Bonchev–Trinajstić information content (AvgIpc) is 2.52. The molecule has 1 heterocycles. The van der Waals surface area contributed by atoms with Gasteiger partial charge in [0.1, 0.15) is 13.6 Å². The van der Waals surface area contributed by atoms with E-state index in [-0.39, 0.29) is 81.0 Å². The number of phosphoric ester groups is 1. The summed E-state index contributed by atoms with van der Waals surface area (Å²) < 4.78 is 21.6. The molecular formula is C18H20BrNa2O7P. The summed E-state index contributed by atoms with van der Waals surface area (Å²) in [5, 5.41) is 0. The zero-order valence-corrected chi connectivity index (χ0v) is 23.2. The van der Waals surface area contributed by atoms with Crippen LogP contribution in [0.3, 0.4) is 0 Å². The Labute approximate surface area is 222 Å². The summed E-state index contributed by atoms with van der Waals surface area (Å²) in [5.41, 5.74) is -0.0222. The molecule has 0 aromatic heterocycles. The first kappa shape index (κ1) is 25.2. The second-order valence-corrected chi connectivity index (χ2v) is 11.1. The second-order valence-electron chi connectivity index (χ2n) is 8.34. The van der Waals surface area contributed by atoms with Crippen LogP contribution >= 0.6 is 23.8 Å². The van der Waals surface area contributed by atoms with Gasteiger partial charge in [-0.15, -0.1) is 0 Å². The zero-order valence-electron chi connectivity index (χ0n) is 16.8. The fourth-order valence-electron chi connectivity index (χ4n) is 6.23. The predicted molar refractivity (Wildman–Crippen MR) is 93.5 cm³/mol. The number of alkyl halides is 1. The Hall–Kier alpha value is 1.53. The first-order valence-electron chi connectivity index (χ1n) is 9.13. The molecule has 6 rings (SSSR count). The molecule has 1 aromatic rings. The minimum absolute atomic E-state index is 0. The Morgan fingerprint density at radius 1 is 1.14 bits per heavy atom. The molecule has 4 aliphatic carbocycles. The number of phosphoric acid groups is 1. The van der Waals surface area contributed by atoms with Gasteiger partial charge in [-0.05, 0) is 62.0 Å². The number of halogens is 1. The fourth-order valence-corrected chi connectivity index (χ4v) is 7.84. The second kappa shape index (κ2) is 8.39. The van der Waals surface area contributed by atoms with Crippen LogP contribution in [0.25, 0.3) is 0 Å². The third-order valence-electron chi connectivity index (χ3n) is 6.86. The molecule has 4 bridgehead atoms. The van der Waals surface area contributed by atoms with Gasteiger partial charge in [-0.25, -0.2) is 4.89 Å². The van der Waals surface area contributed by atoms with Crippen LogP contribution in [0.4, 0.5) is 0 Å². The molecule has 1 saturated heterocycles. The van der Waals surface area contributed by atoms with Crippen molar-refractivity contribution in [2.75, 3.05) is 7.11 Å². The summed E-state index contributed by atoms with van der Waals surface area (Å²) in [7, 11) is -3.58. The number of methoxy groups -OCH3 is 1. The molecule has 5 aliphatic rings. The van der Waals surface area contributed by atoms with Crippen LogP contribution in [-0.2, 0) is 24.9 Å². The van der Waals surface area contributed by atoms with Crippen LogP contribution in [0.5, 0.6) is 5.75 Å². The van der Waals surface area contributed by atoms with Gasteiger partial charge in [-0.3, -0.25) is 0 Å². The molecule has 3 atom stereocenters. The van der Waals surface area contributed by atoms with E-state index >= 15 is 0 Å². The van der Waals surface area contributed by atoms with Crippen molar-refractivity contribution in [3.63, 3.8) is 0 Å². The topological polar surface area (TPSA) is 100 Å². The van der Waals surface area contributed by atoms with Crippen LogP contribution in [-0.4, -0.2) is 17.0 Å². The van der Waals surface area contributed by atoms with Gasteiger partial charge in [0.2, 0.25) is 0 Å². The maximum absolute atomic E-state index is 11.0. The molecule has 3 unspecified atom stereocenters. The van der Waals surface area contributed by atoms with E-state index in [0.717, 1.165) is 25.7 Å². The predicted octanol–water partition coefficient (Wildman–Crippen LogP) is -3.62. The third-order valence-corrected chi connectivity index (χ3v) is 8.26. The minimum atomic E-state index is -5.15. The van der Waals surface area contributed by atoms with E-state index in [0.29, 0.717) is 11.5 Å². The van der Waals surface area contributed by atoms with Crippen molar-refractivity contribution >= 4 is 23.8 Å². The molecule has 7 nitrogen and oxygen atoms in total. The Kier molecular flexibility index (Phi) is 7.28. The van der Waals surface area contributed by atoms with E-state index in [4.69, 9.17) is 14.5 Å². The van der Waals surface area contributed by atoms with Crippen molar-refractivity contribution in [1.82, 2.24) is 0 Å². The molecule has 1 aliphatic heterocycles. The summed E-state index contributed by atoms with van der Waals surface area (Å²) in [5.74, 6) is 0.0168. The number of rotatable bonds is 4. The smallest absolute Gasteiger partial charge is 0.780 e. The van der Waals surface area contributed by atoms with Crippen molar-refractivity contribution in [1.29, 1.82) is 0 Å². The zero-order chi connectivity index (χ0) is 19.1. The molecule has 1 spiro atoms. The summed E-state index contributed by atoms with van der Waals surface area (Å²) in [6.45, 7) is 0. The molecule has 11 heteroatoms. The first-order valence-corrected chi connectivity index (χ1v) is 11.4. The summed E-state index contributed by atoms with van der Waals surface area (Å²) >= 11 is 3.96. The molecule has 0 radical (unpaired) electrons. The quantitative estimate of drug-likeness (QED) is 0.180. The van der Waals surface area contributed by atoms with Gasteiger partial charge in [-0.1, -0.05) is 28.1 Å². The largest absolute Gasteiger partial charge is 1.00 e. The number of ether oxygens (including phenoxy) is 1. The van der Waals surface area contributed by atoms with Crippen molar-refractivity contribution in [2.24, 2.45) is 17.8 Å². The molecular weight excluding hydrogens is 485 g/mol. The third kappa shape index (κ3) is 3.82. The van der Waals surface area contributed by atoms with Gasteiger partial charge in [0.15, 0.2) is 5.60 Å². The van der Waals surface area contributed by atoms with E-state index < -0.39 is 19.2 Å². The summed E-state index contributed by atoms with van der Waals surface area (Å²) in [6.07, 6.45) is 5.29. The van der Waals surface area contributed by atoms with Gasteiger partial charge in [0, 0.05) is 17.0 Å². The van der Waals surface area contributed by atoms with Gasteiger partial charge in [-0.2, -0.15) is 4.89 Å². The standard InChI is InChI=1S/C18H22BrO7P.2Na/c1-23-18(12-3-2-4-15(7-12)24-27(20,21)22)17(25-26-18)13-5-11-6-14(17)10-16(19,8-11)9-13;;/h2-4,7,11,13-14H,5-6,8-10H2,1H3,(H2,20,21,22);;/q;2*+1/p-2. The molecule has 5 fully saturated rings. The maximum atomic E-state index is 11.0. The van der Waals surface area contributed by atoms with Crippen molar-refractivity contribution < 1.29 is 92.5 Å². The Bertz CT molecular complexity index is 816. The Morgan fingerprint density at radius 2 is 1.79 bits per heavy atom. The van der Waals surface area contributed by atoms with Crippen LogP contribution < -0.4 is 73.4 Å². The van der Waals surface area contributed by atoms with E-state index in [9.17, 15) is 14.4 Å². The fraction of sp³-hybridized carbons (Fsp3) is 0.667. The van der Waals surface area contributed by atoms with Crippen LogP contribution in [0, 0.1) is 17.8 Å². The van der Waals surface area contributed by atoms with Crippen LogP contribution in [0.15, 0.2) is 24.3 Å². The normalized spacial score (nSPS) is 42.0. The summed E-state index contributed by atoms with van der Waals surface area (Å²) in [6, 6.07) is 6.33. The van der Waals surface area contributed by atoms with E-state index in [1.54, 1.807) is 19.2 Å². The molecule has 0 N–H and O–H groups in total. The van der Waals surface area contributed by atoms with Gasteiger partial charge in [0.05, 0.1) is 0 Å². The van der Waals surface area contributed by atoms with Crippen LogP contribution in [0.1, 0.15) is 37.7 Å². The van der Waals surface area contributed by atoms with E-state index in [2.05, 4.69) is 20.5 Å². The molecule has 1 aromatic carbocycles. The molecule has 0 amide bonds. The van der Waals surface area contributed by atoms with Crippen molar-refractivity contribution in [3.8, 4) is 5.75 Å². The van der Waals surface area contributed by atoms with Crippen molar-refractivity contribution in [2.45, 2.75) is 47.8 Å². The monoisotopic (exact) mass is 504 g/mol. The molecule has 4 saturated carbocycles.